The monoisotopic (exact) mass is 297 g/mol. The SMILES string of the molecule is COC(=O)c1nc(NCCN(C)C2CCCC2)sc1C. The van der Waals surface area contributed by atoms with Crippen LogP contribution in [0.2, 0.25) is 0 Å². The number of hydrogen-bond donors (Lipinski definition) is 1. The zero-order chi connectivity index (χ0) is 14.5. The van der Waals surface area contributed by atoms with Crippen molar-refractivity contribution in [3.8, 4) is 0 Å². The number of aromatic nitrogens is 1. The van der Waals surface area contributed by atoms with Crippen LogP contribution in [-0.2, 0) is 4.74 Å². The number of likely N-dealkylation sites (N-methyl/N-ethyl adjacent to an activating group) is 1. The molecule has 1 heterocycles. The zero-order valence-corrected chi connectivity index (χ0v) is 13.3. The topological polar surface area (TPSA) is 54.5 Å². The highest BCUT2D eigenvalue weighted by atomic mass is 32.1. The summed E-state index contributed by atoms with van der Waals surface area (Å²) in [5, 5.41) is 4.09. The fourth-order valence-corrected chi connectivity index (χ4v) is 3.45. The van der Waals surface area contributed by atoms with Gasteiger partial charge in [-0.25, -0.2) is 9.78 Å². The highest BCUT2D eigenvalue weighted by molar-refractivity contribution is 7.15. The summed E-state index contributed by atoms with van der Waals surface area (Å²) in [4.78, 5) is 19.1. The van der Waals surface area contributed by atoms with Crippen molar-refractivity contribution in [3.63, 3.8) is 0 Å². The van der Waals surface area contributed by atoms with Crippen LogP contribution in [0.15, 0.2) is 0 Å². The third-order valence-electron chi connectivity index (χ3n) is 3.86. The molecule has 1 N–H and O–H groups in total. The van der Waals surface area contributed by atoms with E-state index in [0.29, 0.717) is 5.69 Å². The molecule has 1 aromatic heterocycles. The predicted octanol–water partition coefficient (Wildman–Crippen LogP) is 2.52. The molecule has 0 aliphatic heterocycles. The van der Waals surface area contributed by atoms with Gasteiger partial charge >= 0.3 is 5.97 Å². The molecule has 0 spiro atoms. The lowest BCUT2D eigenvalue weighted by molar-refractivity contribution is 0.0594. The van der Waals surface area contributed by atoms with Crippen LogP contribution in [0.3, 0.4) is 0 Å². The second kappa shape index (κ2) is 7.04. The van der Waals surface area contributed by atoms with Crippen LogP contribution in [0, 0.1) is 6.92 Å². The Kier molecular flexibility index (Phi) is 5.37. The average Bonchev–Trinajstić information content (AvgIpc) is 3.07. The summed E-state index contributed by atoms with van der Waals surface area (Å²) in [6.45, 7) is 3.73. The summed E-state index contributed by atoms with van der Waals surface area (Å²) in [6.07, 6.45) is 5.35. The van der Waals surface area contributed by atoms with Crippen LogP contribution in [0.25, 0.3) is 0 Å². The van der Waals surface area contributed by atoms with Crippen molar-refractivity contribution in [1.82, 2.24) is 9.88 Å². The molecule has 0 amide bonds. The number of aryl methyl sites for hydroxylation is 1. The van der Waals surface area contributed by atoms with Gasteiger partial charge in [0.15, 0.2) is 10.8 Å². The average molecular weight is 297 g/mol. The molecule has 1 aromatic rings. The van der Waals surface area contributed by atoms with E-state index in [1.165, 1.54) is 44.1 Å². The molecule has 1 aliphatic rings. The zero-order valence-electron chi connectivity index (χ0n) is 12.4. The van der Waals surface area contributed by atoms with Crippen molar-refractivity contribution in [2.75, 3.05) is 32.6 Å². The number of ether oxygens (including phenoxy) is 1. The number of nitrogens with zero attached hydrogens (tertiary/aromatic N) is 2. The summed E-state index contributed by atoms with van der Waals surface area (Å²) in [7, 11) is 3.56. The first-order chi connectivity index (χ1) is 9.61. The Hall–Kier alpha value is -1.14. The Morgan fingerprint density at radius 3 is 2.85 bits per heavy atom. The number of hydrogen-bond acceptors (Lipinski definition) is 6. The molecule has 0 saturated heterocycles. The minimum atomic E-state index is -0.366. The maximum Gasteiger partial charge on any atom is 0.357 e. The van der Waals surface area contributed by atoms with Crippen molar-refractivity contribution in [1.29, 1.82) is 0 Å². The molecule has 0 atom stereocenters. The Balaban J connectivity index is 1.80. The van der Waals surface area contributed by atoms with Crippen molar-refractivity contribution < 1.29 is 9.53 Å². The third-order valence-corrected chi connectivity index (χ3v) is 4.79. The van der Waals surface area contributed by atoms with E-state index in [9.17, 15) is 4.79 Å². The number of carbonyl (C=O) groups excluding carboxylic acids is 1. The molecule has 0 bridgehead atoms. The van der Waals surface area contributed by atoms with E-state index in [-0.39, 0.29) is 5.97 Å². The maximum absolute atomic E-state index is 11.5. The summed E-state index contributed by atoms with van der Waals surface area (Å²) in [6, 6.07) is 0.737. The van der Waals surface area contributed by atoms with Gasteiger partial charge in [0.2, 0.25) is 0 Å². The lowest BCUT2D eigenvalue weighted by Crippen LogP contribution is -2.33. The number of rotatable bonds is 6. The van der Waals surface area contributed by atoms with E-state index in [4.69, 9.17) is 4.74 Å². The van der Waals surface area contributed by atoms with Gasteiger partial charge in [0.05, 0.1) is 7.11 Å². The first-order valence-corrected chi connectivity index (χ1v) is 7.93. The van der Waals surface area contributed by atoms with Crippen molar-refractivity contribution in [2.24, 2.45) is 0 Å². The Bertz CT molecular complexity index is 455. The Labute approximate surface area is 124 Å². The molecule has 0 unspecified atom stereocenters. The van der Waals surface area contributed by atoms with E-state index in [2.05, 4.69) is 22.2 Å². The highest BCUT2D eigenvalue weighted by Crippen LogP contribution is 2.23. The first-order valence-electron chi connectivity index (χ1n) is 7.11. The largest absolute Gasteiger partial charge is 0.464 e. The lowest BCUT2D eigenvalue weighted by Gasteiger charge is -2.23. The molecule has 0 radical (unpaired) electrons. The Morgan fingerprint density at radius 1 is 1.50 bits per heavy atom. The maximum atomic E-state index is 11.5. The van der Waals surface area contributed by atoms with Gasteiger partial charge in [-0.1, -0.05) is 12.8 Å². The number of thiazole rings is 1. The summed E-state index contributed by atoms with van der Waals surface area (Å²) >= 11 is 1.50. The van der Waals surface area contributed by atoms with Crippen LogP contribution in [0.5, 0.6) is 0 Å². The number of carbonyl (C=O) groups is 1. The molecular formula is C14H23N3O2S. The van der Waals surface area contributed by atoms with E-state index in [0.717, 1.165) is 29.1 Å². The summed E-state index contributed by atoms with van der Waals surface area (Å²) in [5.74, 6) is -0.366. The fraction of sp³-hybridized carbons (Fsp3) is 0.714. The summed E-state index contributed by atoms with van der Waals surface area (Å²) in [5.41, 5.74) is 0.421. The molecule has 20 heavy (non-hydrogen) atoms. The van der Waals surface area contributed by atoms with Gasteiger partial charge < -0.3 is 15.0 Å². The van der Waals surface area contributed by atoms with Gasteiger partial charge in [0.1, 0.15) is 0 Å². The van der Waals surface area contributed by atoms with Gasteiger partial charge in [-0.3, -0.25) is 0 Å². The smallest absolute Gasteiger partial charge is 0.357 e. The van der Waals surface area contributed by atoms with Crippen molar-refractivity contribution in [3.05, 3.63) is 10.6 Å². The molecule has 112 valence electrons. The molecule has 1 fully saturated rings. The minimum Gasteiger partial charge on any atom is -0.464 e. The van der Waals surface area contributed by atoms with Crippen LogP contribution >= 0.6 is 11.3 Å². The minimum absolute atomic E-state index is 0.366. The molecule has 2 rings (SSSR count). The quantitative estimate of drug-likeness (QED) is 0.818. The van der Waals surface area contributed by atoms with Gasteiger partial charge in [-0.15, -0.1) is 11.3 Å². The second-order valence-electron chi connectivity index (χ2n) is 5.26. The van der Waals surface area contributed by atoms with E-state index in [1.807, 2.05) is 6.92 Å². The lowest BCUT2D eigenvalue weighted by atomic mass is 10.2. The molecule has 1 aliphatic carbocycles. The van der Waals surface area contributed by atoms with E-state index in [1.54, 1.807) is 0 Å². The van der Waals surface area contributed by atoms with Crippen LogP contribution < -0.4 is 5.32 Å². The standard InChI is InChI=1S/C14H23N3O2S/c1-10-12(13(18)19-3)16-14(20-10)15-8-9-17(2)11-6-4-5-7-11/h11H,4-9H2,1-3H3,(H,15,16). The van der Waals surface area contributed by atoms with Crippen LogP contribution in [0.4, 0.5) is 5.13 Å². The normalized spacial score (nSPS) is 15.8. The predicted molar refractivity (Wildman–Crippen MR) is 81.6 cm³/mol. The second-order valence-corrected chi connectivity index (χ2v) is 6.46. The molecule has 1 saturated carbocycles. The van der Waals surface area contributed by atoms with Crippen LogP contribution in [-0.4, -0.2) is 49.1 Å². The van der Waals surface area contributed by atoms with Crippen LogP contribution in [0.1, 0.15) is 41.0 Å². The van der Waals surface area contributed by atoms with Gasteiger partial charge in [0.25, 0.3) is 0 Å². The molecule has 6 heteroatoms. The number of methoxy groups -OCH3 is 1. The molecule has 5 nitrogen and oxygen atoms in total. The highest BCUT2D eigenvalue weighted by Gasteiger charge is 2.19. The van der Waals surface area contributed by atoms with E-state index >= 15 is 0 Å². The van der Waals surface area contributed by atoms with Gasteiger partial charge in [-0.05, 0) is 26.8 Å². The third kappa shape index (κ3) is 3.70. The van der Waals surface area contributed by atoms with Crippen molar-refractivity contribution >= 4 is 22.4 Å². The summed E-state index contributed by atoms with van der Waals surface area (Å²) < 4.78 is 4.71. The number of esters is 1. The molecule has 0 aromatic carbocycles. The van der Waals surface area contributed by atoms with Crippen molar-refractivity contribution in [2.45, 2.75) is 38.6 Å². The Morgan fingerprint density at radius 2 is 2.20 bits per heavy atom. The molecular weight excluding hydrogens is 274 g/mol. The first kappa shape index (κ1) is 15.3. The van der Waals surface area contributed by atoms with Gasteiger partial charge in [0, 0.05) is 24.0 Å². The number of anilines is 1. The number of nitrogens with one attached hydrogen (secondary N) is 1. The fourth-order valence-electron chi connectivity index (χ4n) is 2.62. The van der Waals surface area contributed by atoms with Gasteiger partial charge in [-0.2, -0.15) is 0 Å². The van der Waals surface area contributed by atoms with E-state index < -0.39 is 0 Å².